The molecule has 0 radical (unpaired) electrons. The Morgan fingerprint density at radius 3 is 2.46 bits per heavy atom. The Labute approximate surface area is 144 Å². The third kappa shape index (κ3) is 2.39. The molecule has 3 heteroatoms. The molecule has 0 fully saturated rings. The van der Waals surface area contributed by atoms with Crippen molar-refractivity contribution >= 4 is 0 Å². The zero-order chi connectivity index (χ0) is 16.7. The Morgan fingerprint density at radius 2 is 1.67 bits per heavy atom. The monoisotopic (exact) mass is 323 g/mol. The zero-order valence-corrected chi connectivity index (χ0v) is 14.7. The van der Waals surface area contributed by atoms with Crippen LogP contribution in [0.3, 0.4) is 0 Å². The van der Waals surface area contributed by atoms with Crippen LogP contribution in [0.5, 0.6) is 11.5 Å². The largest absolute Gasteiger partial charge is 0.493 e. The number of ether oxygens (including phenoxy) is 2. The SMILES string of the molecule is COc1cc2c(cc1OC)[C@H]1c3ccccc3CCN(C)[C@@H]1CC2. The molecule has 0 amide bonds. The van der Waals surface area contributed by atoms with Gasteiger partial charge in [0.25, 0.3) is 0 Å². The average molecular weight is 323 g/mol. The van der Waals surface area contributed by atoms with Gasteiger partial charge in [-0.15, -0.1) is 0 Å². The third-order valence-corrected chi connectivity index (χ3v) is 5.76. The Hall–Kier alpha value is -2.00. The molecule has 3 nitrogen and oxygen atoms in total. The summed E-state index contributed by atoms with van der Waals surface area (Å²) in [7, 11) is 5.71. The fraction of sp³-hybridized carbons (Fsp3) is 0.429. The van der Waals surface area contributed by atoms with Crippen LogP contribution in [-0.4, -0.2) is 38.8 Å². The number of nitrogens with zero attached hydrogens (tertiary/aromatic N) is 1. The predicted molar refractivity (Wildman–Crippen MR) is 96.3 cm³/mol. The quantitative estimate of drug-likeness (QED) is 0.842. The van der Waals surface area contributed by atoms with Gasteiger partial charge in [-0.1, -0.05) is 24.3 Å². The van der Waals surface area contributed by atoms with Crippen LogP contribution in [0.1, 0.15) is 34.6 Å². The summed E-state index contributed by atoms with van der Waals surface area (Å²) in [4.78, 5) is 2.55. The fourth-order valence-electron chi connectivity index (χ4n) is 4.50. The second-order valence-electron chi connectivity index (χ2n) is 6.92. The van der Waals surface area contributed by atoms with E-state index in [1.54, 1.807) is 14.2 Å². The molecule has 0 N–H and O–H groups in total. The van der Waals surface area contributed by atoms with E-state index in [9.17, 15) is 0 Å². The molecule has 24 heavy (non-hydrogen) atoms. The predicted octanol–water partition coefficient (Wildman–Crippen LogP) is 3.64. The lowest BCUT2D eigenvalue weighted by atomic mass is 9.74. The first-order valence-corrected chi connectivity index (χ1v) is 8.75. The van der Waals surface area contributed by atoms with E-state index in [4.69, 9.17) is 9.47 Å². The van der Waals surface area contributed by atoms with Crippen molar-refractivity contribution in [2.45, 2.75) is 31.2 Å². The molecule has 2 aromatic rings. The minimum Gasteiger partial charge on any atom is -0.493 e. The summed E-state index contributed by atoms with van der Waals surface area (Å²) in [6.07, 6.45) is 3.42. The van der Waals surface area contributed by atoms with Gasteiger partial charge < -0.3 is 14.4 Å². The summed E-state index contributed by atoms with van der Waals surface area (Å²) in [6.45, 7) is 1.13. The Balaban J connectivity index is 1.91. The van der Waals surface area contributed by atoms with Crippen LogP contribution in [-0.2, 0) is 12.8 Å². The van der Waals surface area contributed by atoms with E-state index in [2.05, 4.69) is 48.3 Å². The Morgan fingerprint density at radius 1 is 0.917 bits per heavy atom. The van der Waals surface area contributed by atoms with E-state index >= 15 is 0 Å². The van der Waals surface area contributed by atoms with Gasteiger partial charge in [-0.05, 0) is 60.7 Å². The molecule has 0 bridgehead atoms. The highest BCUT2D eigenvalue weighted by Crippen LogP contribution is 2.45. The standard InChI is InChI=1S/C21H25NO2/c1-22-11-10-14-6-4-5-7-16(14)21-17-13-20(24-3)19(23-2)12-15(17)8-9-18(21)22/h4-7,12-13,18,21H,8-11H2,1-3H3/t18-,21-/m1/s1. The number of fused-ring (bicyclic) bond motifs is 5. The van der Waals surface area contributed by atoms with E-state index in [1.165, 1.54) is 28.7 Å². The number of hydrogen-bond donors (Lipinski definition) is 0. The van der Waals surface area contributed by atoms with Gasteiger partial charge in [-0.3, -0.25) is 0 Å². The summed E-state index contributed by atoms with van der Waals surface area (Å²) < 4.78 is 11.1. The van der Waals surface area contributed by atoms with E-state index in [0.717, 1.165) is 30.9 Å². The summed E-state index contributed by atoms with van der Waals surface area (Å²) >= 11 is 0. The normalized spacial score (nSPS) is 22.8. The topological polar surface area (TPSA) is 21.7 Å². The molecule has 2 aromatic carbocycles. The molecule has 1 aliphatic carbocycles. The summed E-state index contributed by atoms with van der Waals surface area (Å²) in [5.41, 5.74) is 5.78. The highest BCUT2D eigenvalue weighted by atomic mass is 16.5. The molecule has 0 saturated carbocycles. The maximum absolute atomic E-state index is 5.59. The van der Waals surface area contributed by atoms with Crippen molar-refractivity contribution in [3.05, 3.63) is 58.7 Å². The molecular weight excluding hydrogens is 298 g/mol. The number of methoxy groups -OCH3 is 2. The van der Waals surface area contributed by atoms with Crippen LogP contribution in [0.25, 0.3) is 0 Å². The molecule has 0 saturated heterocycles. The minimum atomic E-state index is 0.414. The van der Waals surface area contributed by atoms with E-state index in [1.807, 2.05) is 0 Å². The molecule has 126 valence electrons. The number of benzene rings is 2. The fourth-order valence-corrected chi connectivity index (χ4v) is 4.50. The van der Waals surface area contributed by atoms with Crippen molar-refractivity contribution in [3.63, 3.8) is 0 Å². The van der Waals surface area contributed by atoms with Gasteiger partial charge in [0.05, 0.1) is 14.2 Å². The highest BCUT2D eigenvalue weighted by molar-refractivity contribution is 5.54. The smallest absolute Gasteiger partial charge is 0.161 e. The first-order chi connectivity index (χ1) is 11.7. The van der Waals surface area contributed by atoms with Gasteiger partial charge in [0, 0.05) is 18.5 Å². The molecular formula is C21H25NO2. The summed E-state index contributed by atoms with van der Waals surface area (Å²) in [5.74, 6) is 2.09. The summed E-state index contributed by atoms with van der Waals surface area (Å²) in [6, 6.07) is 13.9. The van der Waals surface area contributed by atoms with E-state index in [-0.39, 0.29) is 0 Å². The van der Waals surface area contributed by atoms with Gasteiger partial charge in [0.2, 0.25) is 0 Å². The lowest BCUT2D eigenvalue weighted by Gasteiger charge is -2.38. The molecule has 0 unspecified atom stereocenters. The summed E-state index contributed by atoms with van der Waals surface area (Å²) in [5, 5.41) is 0. The van der Waals surface area contributed by atoms with Crippen molar-refractivity contribution in [1.29, 1.82) is 0 Å². The van der Waals surface area contributed by atoms with Crippen LogP contribution >= 0.6 is 0 Å². The van der Waals surface area contributed by atoms with Gasteiger partial charge in [-0.2, -0.15) is 0 Å². The molecule has 0 spiro atoms. The lowest BCUT2D eigenvalue weighted by Crippen LogP contribution is -2.39. The van der Waals surface area contributed by atoms with Gasteiger partial charge >= 0.3 is 0 Å². The van der Waals surface area contributed by atoms with Crippen molar-refractivity contribution in [1.82, 2.24) is 4.90 Å². The highest BCUT2D eigenvalue weighted by Gasteiger charge is 2.37. The molecule has 2 atom stereocenters. The molecule has 1 heterocycles. The molecule has 4 rings (SSSR count). The van der Waals surface area contributed by atoms with Gasteiger partial charge in [0.1, 0.15) is 0 Å². The number of hydrogen-bond acceptors (Lipinski definition) is 3. The van der Waals surface area contributed by atoms with Crippen LogP contribution in [0.15, 0.2) is 36.4 Å². The molecule has 0 aromatic heterocycles. The van der Waals surface area contributed by atoms with Crippen LogP contribution in [0.2, 0.25) is 0 Å². The molecule has 2 aliphatic rings. The minimum absolute atomic E-state index is 0.414. The number of rotatable bonds is 2. The average Bonchev–Trinajstić information content (AvgIpc) is 2.78. The van der Waals surface area contributed by atoms with E-state index < -0.39 is 0 Å². The van der Waals surface area contributed by atoms with Gasteiger partial charge in [0.15, 0.2) is 11.5 Å². The first kappa shape index (κ1) is 15.5. The van der Waals surface area contributed by atoms with Crippen molar-refractivity contribution in [2.24, 2.45) is 0 Å². The van der Waals surface area contributed by atoms with Crippen LogP contribution in [0.4, 0.5) is 0 Å². The van der Waals surface area contributed by atoms with Crippen molar-refractivity contribution in [2.75, 3.05) is 27.8 Å². The third-order valence-electron chi connectivity index (χ3n) is 5.76. The number of likely N-dealkylation sites (N-methyl/N-ethyl adjacent to an activating group) is 1. The van der Waals surface area contributed by atoms with Crippen molar-refractivity contribution < 1.29 is 9.47 Å². The van der Waals surface area contributed by atoms with Gasteiger partial charge in [-0.25, -0.2) is 0 Å². The number of aryl methyl sites for hydroxylation is 1. The van der Waals surface area contributed by atoms with Crippen LogP contribution in [0, 0.1) is 0 Å². The maximum Gasteiger partial charge on any atom is 0.161 e. The maximum atomic E-state index is 5.59. The Kier molecular flexibility index (Phi) is 3.97. The van der Waals surface area contributed by atoms with Crippen molar-refractivity contribution in [3.8, 4) is 11.5 Å². The Bertz CT molecular complexity index is 755. The second-order valence-corrected chi connectivity index (χ2v) is 6.92. The lowest BCUT2D eigenvalue weighted by molar-refractivity contribution is 0.213. The van der Waals surface area contributed by atoms with Crippen LogP contribution < -0.4 is 9.47 Å². The zero-order valence-electron chi connectivity index (χ0n) is 14.7. The second kappa shape index (κ2) is 6.14. The molecule has 1 aliphatic heterocycles. The first-order valence-electron chi connectivity index (χ1n) is 8.75. The van der Waals surface area contributed by atoms with E-state index in [0.29, 0.717) is 12.0 Å².